The van der Waals surface area contributed by atoms with E-state index in [1.54, 1.807) is 0 Å². The molecule has 0 radical (unpaired) electrons. The summed E-state index contributed by atoms with van der Waals surface area (Å²) in [6, 6.07) is 10.7. The van der Waals surface area contributed by atoms with Crippen LogP contribution in [0.25, 0.3) is 11.1 Å². The van der Waals surface area contributed by atoms with Crippen LogP contribution >= 0.6 is 0 Å². The third kappa shape index (κ3) is 1.95. The van der Waals surface area contributed by atoms with Crippen LogP contribution in [0.15, 0.2) is 40.9 Å². The van der Waals surface area contributed by atoms with Gasteiger partial charge < -0.3 is 9.32 Å². The Morgan fingerprint density at radius 3 is 3.05 bits per heavy atom. The van der Waals surface area contributed by atoms with Crippen molar-refractivity contribution < 1.29 is 4.42 Å². The number of hydrogen-bond donors (Lipinski definition) is 1. The SMILES string of the molecule is c1ccc2oc(N3CCCC(c4ccn[nH]4)C3)nc2c1. The smallest absolute Gasteiger partial charge is 0.298 e. The van der Waals surface area contributed by atoms with E-state index in [-0.39, 0.29) is 0 Å². The second-order valence-electron chi connectivity index (χ2n) is 5.26. The maximum absolute atomic E-state index is 5.86. The molecule has 1 aromatic carbocycles. The van der Waals surface area contributed by atoms with E-state index in [1.165, 1.54) is 12.1 Å². The number of rotatable bonds is 2. The Balaban J connectivity index is 1.61. The molecule has 0 amide bonds. The molecule has 1 atom stereocenters. The lowest BCUT2D eigenvalue weighted by molar-refractivity contribution is 0.463. The van der Waals surface area contributed by atoms with Crippen LogP contribution in [0.2, 0.25) is 0 Å². The van der Waals surface area contributed by atoms with Gasteiger partial charge in [-0.3, -0.25) is 5.10 Å². The van der Waals surface area contributed by atoms with Gasteiger partial charge in [-0.15, -0.1) is 0 Å². The van der Waals surface area contributed by atoms with Gasteiger partial charge in [0.2, 0.25) is 0 Å². The first kappa shape index (κ1) is 11.5. The first-order valence-corrected chi connectivity index (χ1v) is 7.00. The zero-order valence-electron chi connectivity index (χ0n) is 11.1. The molecule has 3 aromatic rings. The number of aromatic amines is 1. The van der Waals surface area contributed by atoms with Gasteiger partial charge in [-0.05, 0) is 31.0 Å². The van der Waals surface area contributed by atoms with Crippen LogP contribution in [-0.4, -0.2) is 28.3 Å². The number of anilines is 1. The van der Waals surface area contributed by atoms with Gasteiger partial charge >= 0.3 is 0 Å². The fraction of sp³-hybridized carbons (Fsp3) is 0.333. The van der Waals surface area contributed by atoms with Crippen molar-refractivity contribution in [3.63, 3.8) is 0 Å². The lowest BCUT2D eigenvalue weighted by atomic mass is 9.95. The highest BCUT2D eigenvalue weighted by molar-refractivity contribution is 5.74. The van der Waals surface area contributed by atoms with Gasteiger partial charge in [0, 0.05) is 30.9 Å². The molecule has 0 aliphatic carbocycles. The molecule has 1 fully saturated rings. The third-order valence-electron chi connectivity index (χ3n) is 3.94. The number of fused-ring (bicyclic) bond motifs is 1. The minimum atomic E-state index is 0.473. The minimum absolute atomic E-state index is 0.473. The van der Waals surface area contributed by atoms with Crippen molar-refractivity contribution >= 4 is 17.1 Å². The first-order chi connectivity index (χ1) is 9.90. The minimum Gasteiger partial charge on any atom is -0.423 e. The van der Waals surface area contributed by atoms with E-state index < -0.39 is 0 Å². The van der Waals surface area contributed by atoms with Gasteiger partial charge in [0.25, 0.3) is 6.01 Å². The highest BCUT2D eigenvalue weighted by Crippen LogP contribution is 2.30. The number of oxazole rings is 1. The Bertz CT molecular complexity index is 671. The average Bonchev–Trinajstić information content (AvgIpc) is 3.16. The van der Waals surface area contributed by atoms with Gasteiger partial charge in [0.05, 0.1) is 0 Å². The van der Waals surface area contributed by atoms with E-state index in [2.05, 4.69) is 26.1 Å². The fourth-order valence-electron chi connectivity index (χ4n) is 2.89. The number of nitrogens with one attached hydrogen (secondary N) is 1. The summed E-state index contributed by atoms with van der Waals surface area (Å²) >= 11 is 0. The predicted molar refractivity (Wildman–Crippen MR) is 76.8 cm³/mol. The quantitative estimate of drug-likeness (QED) is 0.776. The van der Waals surface area contributed by atoms with Crippen LogP contribution in [0.1, 0.15) is 24.5 Å². The Hall–Kier alpha value is -2.30. The number of aromatic nitrogens is 3. The van der Waals surface area contributed by atoms with Gasteiger partial charge in [0.1, 0.15) is 5.52 Å². The first-order valence-electron chi connectivity index (χ1n) is 7.00. The van der Waals surface area contributed by atoms with Crippen molar-refractivity contribution in [3.05, 3.63) is 42.2 Å². The average molecular weight is 268 g/mol. The molecule has 1 N–H and O–H groups in total. The van der Waals surface area contributed by atoms with E-state index >= 15 is 0 Å². The lowest BCUT2D eigenvalue weighted by Crippen LogP contribution is -2.34. The van der Waals surface area contributed by atoms with Crippen LogP contribution in [0.4, 0.5) is 6.01 Å². The Kier molecular flexibility index (Phi) is 2.69. The molecular weight excluding hydrogens is 252 g/mol. The molecule has 20 heavy (non-hydrogen) atoms. The highest BCUT2D eigenvalue weighted by Gasteiger charge is 2.25. The summed E-state index contributed by atoms with van der Waals surface area (Å²) in [5.41, 5.74) is 2.98. The number of para-hydroxylation sites is 2. The van der Waals surface area contributed by atoms with Crippen molar-refractivity contribution in [1.82, 2.24) is 15.2 Å². The van der Waals surface area contributed by atoms with Crippen LogP contribution in [-0.2, 0) is 0 Å². The van der Waals surface area contributed by atoms with Gasteiger partial charge in [-0.25, -0.2) is 0 Å². The summed E-state index contributed by atoms with van der Waals surface area (Å²) in [4.78, 5) is 6.82. The topological polar surface area (TPSA) is 58.0 Å². The fourth-order valence-corrected chi connectivity index (χ4v) is 2.89. The van der Waals surface area contributed by atoms with E-state index in [0.29, 0.717) is 5.92 Å². The number of piperidine rings is 1. The van der Waals surface area contributed by atoms with Crippen molar-refractivity contribution in [2.75, 3.05) is 18.0 Å². The molecule has 5 nitrogen and oxygen atoms in total. The van der Waals surface area contributed by atoms with Crippen molar-refractivity contribution in [1.29, 1.82) is 0 Å². The van der Waals surface area contributed by atoms with E-state index in [1.807, 2.05) is 30.5 Å². The monoisotopic (exact) mass is 268 g/mol. The molecular formula is C15H16N4O. The normalized spacial score (nSPS) is 19.6. The summed E-state index contributed by atoms with van der Waals surface area (Å²) < 4.78 is 5.86. The zero-order chi connectivity index (χ0) is 13.4. The number of H-pyrrole nitrogens is 1. The van der Waals surface area contributed by atoms with Crippen molar-refractivity contribution in [2.24, 2.45) is 0 Å². The third-order valence-corrected chi connectivity index (χ3v) is 3.94. The summed E-state index contributed by atoms with van der Waals surface area (Å²) in [5, 5.41) is 7.13. The van der Waals surface area contributed by atoms with Crippen LogP contribution in [0, 0.1) is 0 Å². The molecule has 1 aliphatic rings. The second kappa shape index (κ2) is 4.67. The molecule has 3 heterocycles. The molecule has 0 bridgehead atoms. The van der Waals surface area contributed by atoms with Gasteiger partial charge in [-0.2, -0.15) is 10.1 Å². The van der Waals surface area contributed by atoms with E-state index in [9.17, 15) is 0 Å². The van der Waals surface area contributed by atoms with Crippen LogP contribution < -0.4 is 4.90 Å². The van der Waals surface area contributed by atoms with Crippen LogP contribution in [0.5, 0.6) is 0 Å². The highest BCUT2D eigenvalue weighted by atomic mass is 16.4. The largest absolute Gasteiger partial charge is 0.423 e. The van der Waals surface area contributed by atoms with E-state index in [4.69, 9.17) is 4.42 Å². The summed E-state index contributed by atoms with van der Waals surface area (Å²) in [6.07, 6.45) is 4.13. The molecule has 5 heteroatoms. The molecule has 2 aromatic heterocycles. The van der Waals surface area contributed by atoms with Crippen molar-refractivity contribution in [2.45, 2.75) is 18.8 Å². The molecule has 1 aliphatic heterocycles. The number of hydrogen-bond acceptors (Lipinski definition) is 4. The molecule has 0 saturated carbocycles. The van der Waals surface area contributed by atoms with Crippen LogP contribution in [0.3, 0.4) is 0 Å². The van der Waals surface area contributed by atoms with Gasteiger partial charge in [0.15, 0.2) is 5.58 Å². The maximum atomic E-state index is 5.86. The Labute approximate surface area is 116 Å². The van der Waals surface area contributed by atoms with Crippen molar-refractivity contribution in [3.8, 4) is 0 Å². The molecule has 4 rings (SSSR count). The summed E-state index contributed by atoms with van der Waals surface area (Å²) in [6.45, 7) is 1.92. The predicted octanol–water partition coefficient (Wildman–Crippen LogP) is 2.93. The number of benzene rings is 1. The molecule has 102 valence electrons. The van der Waals surface area contributed by atoms with E-state index in [0.717, 1.165) is 36.6 Å². The standard InChI is InChI=1S/C15H16N4O/c1-2-6-14-13(5-1)17-15(20-14)19-9-3-4-11(10-19)12-7-8-16-18-12/h1-2,5-8,11H,3-4,9-10H2,(H,16,18). The Morgan fingerprint density at radius 1 is 1.25 bits per heavy atom. The number of nitrogens with zero attached hydrogens (tertiary/aromatic N) is 3. The summed E-state index contributed by atoms with van der Waals surface area (Å²) in [7, 11) is 0. The second-order valence-corrected chi connectivity index (χ2v) is 5.26. The maximum Gasteiger partial charge on any atom is 0.298 e. The molecule has 1 saturated heterocycles. The Morgan fingerprint density at radius 2 is 2.20 bits per heavy atom. The molecule has 1 unspecified atom stereocenters. The zero-order valence-corrected chi connectivity index (χ0v) is 11.1. The lowest BCUT2D eigenvalue weighted by Gasteiger charge is -2.30. The molecule has 0 spiro atoms. The van der Waals surface area contributed by atoms with Gasteiger partial charge in [-0.1, -0.05) is 12.1 Å². The summed E-state index contributed by atoms with van der Waals surface area (Å²) in [5.74, 6) is 0.473.